The average Bonchev–Trinajstić information content (AvgIpc) is 3.42. The average molecular weight is 524 g/mol. The van der Waals surface area contributed by atoms with Crippen LogP contribution in [0.5, 0.6) is 23.1 Å². The highest BCUT2D eigenvalue weighted by molar-refractivity contribution is 7.85. The van der Waals surface area contributed by atoms with Crippen molar-refractivity contribution >= 4 is 22.8 Å². The minimum atomic E-state index is -1.55. The molecule has 0 bridgehead atoms. The van der Waals surface area contributed by atoms with E-state index >= 15 is 0 Å². The minimum Gasteiger partial charge on any atom is -0.486 e. The molecule has 1 saturated heterocycles. The Labute approximate surface area is 218 Å². The molecule has 1 amide bonds. The summed E-state index contributed by atoms with van der Waals surface area (Å²) in [4.78, 5) is 15.8. The zero-order valence-electron chi connectivity index (χ0n) is 20.7. The maximum atomic E-state index is 12.0. The molecule has 1 fully saturated rings. The van der Waals surface area contributed by atoms with Crippen LogP contribution in [0.3, 0.4) is 0 Å². The van der Waals surface area contributed by atoms with Crippen LogP contribution in [0, 0.1) is 0 Å². The first kappa shape index (κ1) is 25.0. The van der Waals surface area contributed by atoms with E-state index in [1.807, 2.05) is 30.3 Å². The molecule has 1 aromatic heterocycles. The largest absolute Gasteiger partial charge is 0.486 e. The van der Waals surface area contributed by atoms with Crippen LogP contribution in [-0.4, -0.2) is 39.0 Å². The van der Waals surface area contributed by atoms with E-state index in [0.29, 0.717) is 36.1 Å². The van der Waals surface area contributed by atoms with Gasteiger partial charge in [0.15, 0.2) is 0 Å². The van der Waals surface area contributed by atoms with Crippen LogP contribution in [0.2, 0.25) is 0 Å². The molecule has 10 heteroatoms. The smallest absolute Gasteiger partial charge is 0.253 e. The van der Waals surface area contributed by atoms with Crippen LogP contribution in [0.1, 0.15) is 43.9 Å². The number of aromatic nitrogens is 1. The normalized spacial score (nSPS) is 18.9. The Bertz CT molecular complexity index is 1290. The van der Waals surface area contributed by atoms with Gasteiger partial charge < -0.3 is 19.3 Å². The highest BCUT2D eigenvalue weighted by atomic mass is 32.2. The predicted octanol–water partition coefficient (Wildman–Crippen LogP) is 3.99. The summed E-state index contributed by atoms with van der Waals surface area (Å²) in [6.45, 7) is 3.93. The van der Waals surface area contributed by atoms with Gasteiger partial charge in [0.05, 0.1) is 24.1 Å². The summed E-state index contributed by atoms with van der Waals surface area (Å²) in [6, 6.07) is 16.8. The van der Waals surface area contributed by atoms with Gasteiger partial charge in [-0.2, -0.15) is 0 Å². The highest BCUT2D eigenvalue weighted by Gasteiger charge is 2.29. The summed E-state index contributed by atoms with van der Waals surface area (Å²) in [7, 11) is 0. The number of benzene rings is 2. The molecule has 37 heavy (non-hydrogen) atoms. The second-order valence-corrected chi connectivity index (χ2v) is 10.8. The van der Waals surface area contributed by atoms with E-state index in [-0.39, 0.29) is 18.6 Å². The zero-order valence-corrected chi connectivity index (χ0v) is 21.5. The van der Waals surface area contributed by atoms with Crippen LogP contribution in [-0.2, 0) is 22.4 Å². The molecule has 1 aliphatic heterocycles. The van der Waals surface area contributed by atoms with Crippen molar-refractivity contribution < 1.29 is 28.3 Å². The third-order valence-electron chi connectivity index (χ3n) is 6.17. The van der Waals surface area contributed by atoms with Gasteiger partial charge in [-0.1, -0.05) is 12.1 Å². The SMILES string of the molecule is CC(C)(O)CCOc1ccc(Oc2cccc3c2CCC3Oc2ccc(N3CC(=O)NS3=O)cc2)cn1. The molecule has 2 atom stereocenters. The Balaban J connectivity index is 1.22. The molecule has 2 aliphatic rings. The number of nitrogens with one attached hydrogen (secondary N) is 1. The summed E-state index contributed by atoms with van der Waals surface area (Å²) < 4.78 is 33.9. The number of carbonyl (C=O) groups is 1. The molecule has 3 aromatic rings. The van der Waals surface area contributed by atoms with Crippen molar-refractivity contribution in [2.75, 3.05) is 17.5 Å². The number of carbonyl (C=O) groups excluding carboxylic acids is 1. The van der Waals surface area contributed by atoms with Crippen LogP contribution >= 0.6 is 0 Å². The fourth-order valence-electron chi connectivity index (χ4n) is 4.26. The van der Waals surface area contributed by atoms with Gasteiger partial charge in [0.2, 0.25) is 17.1 Å². The fourth-order valence-corrected chi connectivity index (χ4v) is 5.18. The molecule has 194 valence electrons. The lowest BCUT2D eigenvalue weighted by Crippen LogP contribution is -2.22. The Morgan fingerprint density at radius 3 is 2.59 bits per heavy atom. The number of amides is 1. The standard InChI is InChI=1S/C27H29N3O6S/c1-27(2,32)14-15-34-26-13-10-20(16-28-26)36-23-5-3-4-21-22(23)11-12-24(21)35-19-8-6-18(7-9-19)30-17-25(31)29-37(30)33/h3-10,13,16,24,32H,11-12,14-15,17H2,1-2H3,(H,29,31). The molecule has 2 N–H and O–H groups in total. The second-order valence-electron chi connectivity index (χ2n) is 9.62. The van der Waals surface area contributed by atoms with Crippen molar-refractivity contribution in [2.24, 2.45) is 0 Å². The maximum Gasteiger partial charge on any atom is 0.253 e. The van der Waals surface area contributed by atoms with Gasteiger partial charge in [0.1, 0.15) is 29.9 Å². The Kier molecular flexibility index (Phi) is 7.03. The number of ether oxygens (including phenoxy) is 3. The molecule has 9 nitrogen and oxygen atoms in total. The van der Waals surface area contributed by atoms with Crippen LogP contribution in [0.15, 0.2) is 60.8 Å². The number of fused-ring (bicyclic) bond motifs is 1. The van der Waals surface area contributed by atoms with Gasteiger partial charge in [-0.3, -0.25) is 13.8 Å². The third-order valence-corrected chi connectivity index (χ3v) is 7.31. The van der Waals surface area contributed by atoms with E-state index < -0.39 is 16.8 Å². The van der Waals surface area contributed by atoms with Gasteiger partial charge in [-0.15, -0.1) is 0 Å². The molecule has 2 heterocycles. The van der Waals surface area contributed by atoms with Gasteiger partial charge in [0.25, 0.3) is 5.91 Å². The van der Waals surface area contributed by atoms with Crippen molar-refractivity contribution in [3.05, 3.63) is 71.9 Å². The Hall–Kier alpha value is -3.63. The number of hydrogen-bond donors (Lipinski definition) is 2. The fraction of sp³-hybridized carbons (Fsp3) is 0.333. The van der Waals surface area contributed by atoms with Crippen LogP contribution < -0.4 is 23.2 Å². The summed E-state index contributed by atoms with van der Waals surface area (Å²) in [5.74, 6) is 2.29. The molecule has 0 saturated carbocycles. The van der Waals surface area contributed by atoms with Gasteiger partial charge >= 0.3 is 0 Å². The van der Waals surface area contributed by atoms with Crippen LogP contribution in [0.25, 0.3) is 0 Å². The lowest BCUT2D eigenvalue weighted by molar-refractivity contribution is -0.117. The summed E-state index contributed by atoms with van der Waals surface area (Å²) >= 11 is -1.55. The monoisotopic (exact) mass is 523 g/mol. The molecule has 1 aliphatic carbocycles. The first-order valence-corrected chi connectivity index (χ1v) is 13.2. The molecule has 0 radical (unpaired) electrons. The van der Waals surface area contributed by atoms with E-state index in [2.05, 4.69) is 15.8 Å². The first-order valence-electron chi connectivity index (χ1n) is 12.1. The van der Waals surface area contributed by atoms with Crippen molar-refractivity contribution in [3.8, 4) is 23.1 Å². The van der Waals surface area contributed by atoms with E-state index in [1.54, 1.807) is 38.2 Å². The van der Waals surface area contributed by atoms with Crippen molar-refractivity contribution in [3.63, 3.8) is 0 Å². The number of aliphatic hydroxyl groups is 1. The molecular formula is C27H29N3O6S. The highest BCUT2D eigenvalue weighted by Crippen LogP contribution is 2.41. The molecule has 2 unspecified atom stereocenters. The number of hydrogen-bond acceptors (Lipinski definition) is 7. The van der Waals surface area contributed by atoms with Crippen molar-refractivity contribution in [1.82, 2.24) is 9.71 Å². The van der Waals surface area contributed by atoms with E-state index in [1.165, 1.54) is 4.31 Å². The second kappa shape index (κ2) is 10.4. The van der Waals surface area contributed by atoms with Gasteiger partial charge in [-0.25, -0.2) is 9.19 Å². The first-order chi connectivity index (χ1) is 17.7. The topological polar surface area (TPSA) is 110 Å². The summed E-state index contributed by atoms with van der Waals surface area (Å²) in [5.41, 5.74) is 2.09. The quantitative estimate of drug-likeness (QED) is 0.436. The minimum absolute atomic E-state index is 0.0684. The van der Waals surface area contributed by atoms with E-state index in [9.17, 15) is 14.1 Å². The molecule has 0 spiro atoms. The third kappa shape index (κ3) is 6.03. The van der Waals surface area contributed by atoms with E-state index in [4.69, 9.17) is 14.2 Å². The molecule has 2 aromatic carbocycles. The number of pyridine rings is 1. The van der Waals surface area contributed by atoms with Gasteiger partial charge in [0, 0.05) is 18.1 Å². The van der Waals surface area contributed by atoms with Crippen molar-refractivity contribution in [1.29, 1.82) is 0 Å². The summed E-state index contributed by atoms with van der Waals surface area (Å²) in [6.07, 6.45) is 3.66. The summed E-state index contributed by atoms with van der Waals surface area (Å²) in [5, 5.41) is 9.80. The molecule has 5 rings (SSSR count). The Morgan fingerprint density at radius 2 is 1.92 bits per heavy atom. The molecular weight excluding hydrogens is 494 g/mol. The zero-order chi connectivity index (χ0) is 26.0. The lowest BCUT2D eigenvalue weighted by Gasteiger charge is -2.18. The number of nitrogens with zero attached hydrogens (tertiary/aromatic N) is 2. The number of anilines is 1. The van der Waals surface area contributed by atoms with Crippen molar-refractivity contribution in [2.45, 2.75) is 44.8 Å². The maximum absolute atomic E-state index is 12.0. The number of rotatable bonds is 9. The van der Waals surface area contributed by atoms with E-state index in [0.717, 1.165) is 29.7 Å². The lowest BCUT2D eigenvalue weighted by atomic mass is 10.1. The van der Waals surface area contributed by atoms with Gasteiger partial charge in [-0.05, 0) is 68.7 Å². The van der Waals surface area contributed by atoms with Crippen LogP contribution in [0.4, 0.5) is 5.69 Å². The predicted molar refractivity (Wildman–Crippen MR) is 139 cm³/mol. The Morgan fingerprint density at radius 1 is 1.14 bits per heavy atom.